The van der Waals surface area contributed by atoms with Gasteiger partial charge in [-0.2, -0.15) is 0 Å². The van der Waals surface area contributed by atoms with Gasteiger partial charge in [0, 0.05) is 0 Å². The predicted molar refractivity (Wildman–Crippen MR) is 98.3 cm³/mol. The number of nitrogens with one attached hydrogen (secondary N) is 1. The Morgan fingerprint density at radius 1 is 1.00 bits per heavy atom. The molecule has 0 aromatic heterocycles. The van der Waals surface area contributed by atoms with Crippen LogP contribution in [0.1, 0.15) is 20.3 Å². The summed E-state index contributed by atoms with van der Waals surface area (Å²) in [5, 5.41) is 2.68. The number of rotatable bonds is 9. The van der Waals surface area contributed by atoms with Gasteiger partial charge in [0.05, 0.1) is 12.3 Å². The van der Waals surface area contributed by atoms with Crippen LogP contribution in [0.25, 0.3) is 0 Å². The minimum atomic E-state index is -0.763. The lowest BCUT2D eigenvalue weighted by Gasteiger charge is -2.16. The molecule has 1 N–H and O–H groups in total. The zero-order chi connectivity index (χ0) is 18.8. The number of carbonyl (C=O) groups is 2. The molecule has 0 spiro atoms. The first-order chi connectivity index (χ1) is 12.6. The fraction of sp³-hybridized carbons (Fsp3) is 0.300. The number of esters is 1. The second kappa shape index (κ2) is 10.1. The van der Waals surface area contributed by atoms with E-state index in [1.165, 1.54) is 0 Å². The lowest BCUT2D eigenvalue weighted by molar-refractivity contribution is -0.154. The van der Waals surface area contributed by atoms with E-state index in [4.69, 9.17) is 14.2 Å². The van der Waals surface area contributed by atoms with E-state index in [9.17, 15) is 9.59 Å². The second-order valence-corrected chi connectivity index (χ2v) is 5.41. The molecule has 0 radical (unpaired) electrons. The average Bonchev–Trinajstić information content (AvgIpc) is 2.67. The lowest BCUT2D eigenvalue weighted by atomic mass is 10.2. The van der Waals surface area contributed by atoms with E-state index < -0.39 is 24.6 Å². The molecule has 138 valence electrons. The van der Waals surface area contributed by atoms with Crippen molar-refractivity contribution >= 4 is 17.6 Å². The van der Waals surface area contributed by atoms with Crippen LogP contribution in [0.3, 0.4) is 0 Å². The number of amides is 1. The quantitative estimate of drug-likeness (QED) is 0.696. The number of benzene rings is 2. The summed E-state index contributed by atoms with van der Waals surface area (Å²) in [7, 11) is 0. The Labute approximate surface area is 153 Å². The molecule has 6 heteroatoms. The first-order valence-corrected chi connectivity index (χ1v) is 8.54. The molecule has 0 aliphatic rings. The van der Waals surface area contributed by atoms with E-state index in [2.05, 4.69) is 5.32 Å². The predicted octanol–water partition coefficient (Wildman–Crippen LogP) is 3.42. The number of hydrogen-bond donors (Lipinski definition) is 1. The normalized spacial score (nSPS) is 11.3. The first kappa shape index (κ1) is 19.3. The zero-order valence-corrected chi connectivity index (χ0v) is 14.9. The Bertz CT molecular complexity index is 717. The Kier molecular flexibility index (Phi) is 7.49. The number of ether oxygens (including phenoxy) is 3. The molecule has 0 fully saturated rings. The fourth-order valence-electron chi connectivity index (χ4n) is 2.23. The summed E-state index contributed by atoms with van der Waals surface area (Å²) in [6.45, 7) is 3.76. The van der Waals surface area contributed by atoms with E-state index in [0.29, 0.717) is 30.2 Å². The van der Waals surface area contributed by atoms with E-state index >= 15 is 0 Å². The summed E-state index contributed by atoms with van der Waals surface area (Å²) in [5.74, 6) is 0.115. The highest BCUT2D eigenvalue weighted by Gasteiger charge is 2.21. The minimum absolute atomic E-state index is 0.395. The third-order valence-electron chi connectivity index (χ3n) is 3.46. The summed E-state index contributed by atoms with van der Waals surface area (Å²) in [6, 6.07) is 16.1. The van der Waals surface area contributed by atoms with Gasteiger partial charge in [-0.15, -0.1) is 0 Å². The summed E-state index contributed by atoms with van der Waals surface area (Å²) in [4.78, 5) is 24.2. The van der Waals surface area contributed by atoms with Gasteiger partial charge in [0.1, 0.15) is 11.5 Å². The zero-order valence-electron chi connectivity index (χ0n) is 14.9. The van der Waals surface area contributed by atoms with Crippen molar-refractivity contribution in [2.24, 2.45) is 0 Å². The molecular formula is C20H23NO5. The SMILES string of the molecule is CCOc1ccccc1NC(=O)COC(=O)[C@@H](CC)Oc1ccccc1. The van der Waals surface area contributed by atoms with E-state index in [1.54, 1.807) is 30.3 Å². The number of para-hydroxylation sites is 3. The van der Waals surface area contributed by atoms with Crippen LogP contribution in [0.15, 0.2) is 54.6 Å². The van der Waals surface area contributed by atoms with Gasteiger partial charge in [0.15, 0.2) is 12.7 Å². The van der Waals surface area contributed by atoms with Crippen molar-refractivity contribution < 1.29 is 23.8 Å². The highest BCUT2D eigenvalue weighted by atomic mass is 16.6. The van der Waals surface area contributed by atoms with Crippen molar-refractivity contribution in [3.05, 3.63) is 54.6 Å². The molecule has 1 amide bonds. The first-order valence-electron chi connectivity index (χ1n) is 8.54. The van der Waals surface area contributed by atoms with E-state index in [0.717, 1.165) is 0 Å². The van der Waals surface area contributed by atoms with Crippen molar-refractivity contribution in [1.29, 1.82) is 0 Å². The van der Waals surface area contributed by atoms with Crippen molar-refractivity contribution in [2.45, 2.75) is 26.4 Å². The molecule has 2 aromatic carbocycles. The monoisotopic (exact) mass is 357 g/mol. The van der Waals surface area contributed by atoms with E-state index in [-0.39, 0.29) is 0 Å². The second-order valence-electron chi connectivity index (χ2n) is 5.41. The van der Waals surface area contributed by atoms with Crippen molar-refractivity contribution in [2.75, 3.05) is 18.5 Å². The maximum Gasteiger partial charge on any atom is 0.347 e. The molecule has 0 heterocycles. The van der Waals surface area contributed by atoms with Crippen LogP contribution in [0.4, 0.5) is 5.69 Å². The highest BCUT2D eigenvalue weighted by molar-refractivity contribution is 5.94. The third-order valence-corrected chi connectivity index (χ3v) is 3.46. The van der Waals surface area contributed by atoms with Gasteiger partial charge in [-0.1, -0.05) is 37.3 Å². The van der Waals surface area contributed by atoms with E-state index in [1.807, 2.05) is 38.1 Å². The summed E-state index contributed by atoms with van der Waals surface area (Å²) < 4.78 is 16.1. The van der Waals surface area contributed by atoms with Gasteiger partial charge in [-0.25, -0.2) is 4.79 Å². The number of hydrogen-bond acceptors (Lipinski definition) is 5. The maximum atomic E-state index is 12.2. The Morgan fingerprint density at radius 2 is 1.69 bits per heavy atom. The van der Waals surface area contributed by atoms with Gasteiger partial charge in [0.25, 0.3) is 5.91 Å². The highest BCUT2D eigenvalue weighted by Crippen LogP contribution is 2.23. The molecule has 0 saturated carbocycles. The van der Waals surface area contributed by atoms with Crippen LogP contribution in [-0.2, 0) is 14.3 Å². The smallest absolute Gasteiger partial charge is 0.347 e. The molecule has 6 nitrogen and oxygen atoms in total. The standard InChI is InChI=1S/C20H23NO5/c1-3-17(26-15-10-6-5-7-11-15)20(23)25-14-19(22)21-16-12-8-9-13-18(16)24-4-2/h5-13,17H,3-4,14H2,1-2H3,(H,21,22)/t17-/m1/s1. The molecule has 2 rings (SSSR count). The fourth-order valence-corrected chi connectivity index (χ4v) is 2.23. The topological polar surface area (TPSA) is 73.9 Å². The Hall–Kier alpha value is -3.02. The number of anilines is 1. The summed E-state index contributed by atoms with van der Waals surface area (Å²) in [5.41, 5.74) is 0.531. The van der Waals surface area contributed by atoms with Crippen LogP contribution >= 0.6 is 0 Å². The van der Waals surface area contributed by atoms with Crippen LogP contribution in [0.5, 0.6) is 11.5 Å². The van der Waals surface area contributed by atoms with Crippen LogP contribution in [-0.4, -0.2) is 31.2 Å². The lowest BCUT2D eigenvalue weighted by Crippen LogP contribution is -2.31. The molecule has 0 unspecified atom stereocenters. The van der Waals surface area contributed by atoms with Crippen LogP contribution in [0.2, 0.25) is 0 Å². The molecule has 0 aliphatic carbocycles. The average molecular weight is 357 g/mol. The minimum Gasteiger partial charge on any atom is -0.492 e. The van der Waals surface area contributed by atoms with Crippen LogP contribution in [0, 0.1) is 0 Å². The summed E-state index contributed by atoms with van der Waals surface area (Å²) in [6.07, 6.45) is -0.330. The molecule has 1 atom stereocenters. The van der Waals surface area contributed by atoms with Crippen molar-refractivity contribution in [3.8, 4) is 11.5 Å². The number of carbonyl (C=O) groups excluding carboxylic acids is 2. The molecule has 26 heavy (non-hydrogen) atoms. The van der Waals surface area contributed by atoms with Gasteiger partial charge in [-0.05, 0) is 37.6 Å². The van der Waals surface area contributed by atoms with Gasteiger partial charge < -0.3 is 19.5 Å². The van der Waals surface area contributed by atoms with Crippen LogP contribution < -0.4 is 14.8 Å². The largest absolute Gasteiger partial charge is 0.492 e. The van der Waals surface area contributed by atoms with Gasteiger partial charge in [0.2, 0.25) is 0 Å². The van der Waals surface area contributed by atoms with Gasteiger partial charge in [-0.3, -0.25) is 4.79 Å². The summed E-state index contributed by atoms with van der Waals surface area (Å²) >= 11 is 0. The molecule has 2 aromatic rings. The molecule has 0 aliphatic heterocycles. The Balaban J connectivity index is 1.86. The van der Waals surface area contributed by atoms with Crippen molar-refractivity contribution in [1.82, 2.24) is 0 Å². The Morgan fingerprint density at radius 3 is 2.38 bits per heavy atom. The van der Waals surface area contributed by atoms with Crippen molar-refractivity contribution in [3.63, 3.8) is 0 Å². The molecule has 0 saturated heterocycles. The molecular weight excluding hydrogens is 334 g/mol. The van der Waals surface area contributed by atoms with Gasteiger partial charge >= 0.3 is 5.97 Å². The molecule has 0 bridgehead atoms. The third kappa shape index (κ3) is 5.81. The maximum absolute atomic E-state index is 12.2.